The summed E-state index contributed by atoms with van der Waals surface area (Å²) in [7, 11) is 0. The van der Waals surface area contributed by atoms with Crippen molar-refractivity contribution in [1.29, 1.82) is 0 Å². The number of nitroso groups, excluding NO2 is 1. The maximum atomic E-state index is 12.4. The standard InChI is InChI=1S/C10H5ClF3NO2/c11-8-3-1-6(2-4-9(16)15-17)5-7(8)10(12,13)14/h1-5H. The molecular formula is C10H5ClF3NO2. The van der Waals surface area contributed by atoms with Crippen LogP contribution in [0.25, 0.3) is 6.08 Å². The van der Waals surface area contributed by atoms with E-state index in [2.05, 4.69) is 5.18 Å². The van der Waals surface area contributed by atoms with Gasteiger partial charge >= 0.3 is 12.1 Å². The van der Waals surface area contributed by atoms with Gasteiger partial charge in [0, 0.05) is 11.3 Å². The average Bonchev–Trinajstić information content (AvgIpc) is 2.26. The molecule has 0 aliphatic heterocycles. The van der Waals surface area contributed by atoms with Crippen molar-refractivity contribution >= 4 is 23.6 Å². The Balaban J connectivity index is 3.09. The summed E-state index contributed by atoms with van der Waals surface area (Å²) in [5.41, 5.74) is -0.911. The molecule has 0 saturated carbocycles. The normalized spacial score (nSPS) is 11.8. The van der Waals surface area contributed by atoms with Gasteiger partial charge in [0.15, 0.2) is 0 Å². The van der Waals surface area contributed by atoms with Gasteiger partial charge in [-0.25, -0.2) is 0 Å². The van der Waals surface area contributed by atoms with Gasteiger partial charge in [-0.3, -0.25) is 4.79 Å². The first-order valence-electron chi connectivity index (χ1n) is 4.26. The fourth-order valence-electron chi connectivity index (χ4n) is 1.06. The van der Waals surface area contributed by atoms with Gasteiger partial charge in [0.05, 0.1) is 10.6 Å². The van der Waals surface area contributed by atoms with Crippen molar-refractivity contribution in [2.24, 2.45) is 5.18 Å². The highest BCUT2D eigenvalue weighted by atomic mass is 35.5. The van der Waals surface area contributed by atoms with Crippen molar-refractivity contribution in [3.05, 3.63) is 45.3 Å². The highest BCUT2D eigenvalue weighted by Gasteiger charge is 2.33. The Morgan fingerprint density at radius 1 is 1.35 bits per heavy atom. The minimum absolute atomic E-state index is 0.0960. The van der Waals surface area contributed by atoms with Gasteiger partial charge < -0.3 is 0 Å². The van der Waals surface area contributed by atoms with E-state index in [1.807, 2.05) is 0 Å². The first-order valence-corrected chi connectivity index (χ1v) is 4.64. The van der Waals surface area contributed by atoms with Crippen molar-refractivity contribution in [3.8, 4) is 0 Å². The smallest absolute Gasteiger partial charge is 0.264 e. The molecule has 1 aromatic carbocycles. The Morgan fingerprint density at radius 2 is 2.00 bits per heavy atom. The summed E-state index contributed by atoms with van der Waals surface area (Å²) in [6, 6.07) is 3.12. The first-order chi connectivity index (χ1) is 7.84. The second kappa shape index (κ2) is 5.09. The minimum Gasteiger partial charge on any atom is -0.264 e. The lowest BCUT2D eigenvalue weighted by Crippen LogP contribution is -2.05. The SMILES string of the molecule is O=NC(=O)C=Cc1ccc(Cl)c(C(F)(F)F)c1. The summed E-state index contributed by atoms with van der Waals surface area (Å²) in [6.45, 7) is 0. The molecular weight excluding hydrogens is 259 g/mol. The largest absolute Gasteiger partial charge is 0.417 e. The maximum Gasteiger partial charge on any atom is 0.417 e. The third kappa shape index (κ3) is 3.67. The highest BCUT2D eigenvalue weighted by molar-refractivity contribution is 6.31. The van der Waals surface area contributed by atoms with Crippen LogP contribution in [0.5, 0.6) is 0 Å². The van der Waals surface area contributed by atoms with Crippen LogP contribution in [0.4, 0.5) is 13.2 Å². The zero-order valence-corrected chi connectivity index (χ0v) is 8.92. The van der Waals surface area contributed by atoms with E-state index < -0.39 is 22.7 Å². The van der Waals surface area contributed by atoms with Gasteiger partial charge in [-0.05, 0) is 23.8 Å². The molecule has 1 rings (SSSR count). The van der Waals surface area contributed by atoms with Crippen molar-refractivity contribution in [2.75, 3.05) is 0 Å². The number of rotatable bonds is 2. The van der Waals surface area contributed by atoms with Crippen LogP contribution < -0.4 is 0 Å². The van der Waals surface area contributed by atoms with Crippen LogP contribution in [0.3, 0.4) is 0 Å². The van der Waals surface area contributed by atoms with Gasteiger partial charge in [-0.15, -0.1) is 4.91 Å². The summed E-state index contributed by atoms with van der Waals surface area (Å²) in [5.74, 6) is -1.08. The molecule has 1 amide bonds. The Morgan fingerprint density at radius 3 is 2.53 bits per heavy atom. The van der Waals surface area contributed by atoms with E-state index in [1.54, 1.807) is 0 Å². The number of carbonyl (C=O) groups is 1. The molecule has 0 fully saturated rings. The molecule has 1 aromatic rings. The summed E-state index contributed by atoms with van der Waals surface area (Å²) in [4.78, 5) is 20.3. The van der Waals surface area contributed by atoms with E-state index in [-0.39, 0.29) is 5.56 Å². The summed E-state index contributed by atoms with van der Waals surface area (Å²) in [5, 5.41) is 1.63. The van der Waals surface area contributed by atoms with Crippen LogP contribution in [-0.4, -0.2) is 5.91 Å². The second-order valence-electron chi connectivity index (χ2n) is 3.00. The van der Waals surface area contributed by atoms with Crippen LogP contribution in [0, 0.1) is 4.91 Å². The molecule has 0 unspecified atom stereocenters. The lowest BCUT2D eigenvalue weighted by Gasteiger charge is -2.09. The topological polar surface area (TPSA) is 46.5 Å². The number of halogens is 4. The van der Waals surface area contributed by atoms with E-state index in [4.69, 9.17) is 11.6 Å². The van der Waals surface area contributed by atoms with Gasteiger partial charge in [0.1, 0.15) is 0 Å². The number of amides is 1. The summed E-state index contributed by atoms with van der Waals surface area (Å²) < 4.78 is 37.3. The number of carbonyl (C=O) groups excluding carboxylic acids is 1. The van der Waals surface area contributed by atoms with Crippen LogP contribution in [0.1, 0.15) is 11.1 Å². The van der Waals surface area contributed by atoms with Crippen LogP contribution in [0.15, 0.2) is 29.5 Å². The molecule has 3 nitrogen and oxygen atoms in total. The zero-order chi connectivity index (χ0) is 13.1. The minimum atomic E-state index is -4.58. The monoisotopic (exact) mass is 263 g/mol. The van der Waals surface area contributed by atoms with E-state index >= 15 is 0 Å². The predicted molar refractivity (Wildman–Crippen MR) is 56.3 cm³/mol. The Kier molecular flexibility index (Phi) is 4.01. The van der Waals surface area contributed by atoms with Gasteiger partial charge in [0.25, 0.3) is 0 Å². The summed E-state index contributed by atoms with van der Waals surface area (Å²) >= 11 is 5.39. The zero-order valence-electron chi connectivity index (χ0n) is 8.16. The van der Waals surface area contributed by atoms with Crippen molar-refractivity contribution in [3.63, 3.8) is 0 Å². The van der Waals surface area contributed by atoms with E-state index in [1.165, 1.54) is 6.07 Å². The number of hydrogen-bond donors (Lipinski definition) is 0. The molecule has 0 aliphatic rings. The molecule has 0 atom stereocenters. The van der Waals surface area contributed by atoms with Crippen LogP contribution in [0.2, 0.25) is 5.02 Å². The maximum absolute atomic E-state index is 12.4. The average molecular weight is 264 g/mol. The predicted octanol–water partition coefficient (Wildman–Crippen LogP) is 3.67. The molecule has 7 heteroatoms. The lowest BCUT2D eigenvalue weighted by atomic mass is 10.1. The molecule has 0 aromatic heterocycles. The fourth-order valence-corrected chi connectivity index (χ4v) is 1.29. The van der Waals surface area contributed by atoms with E-state index in [9.17, 15) is 22.9 Å². The Bertz CT molecular complexity index is 483. The van der Waals surface area contributed by atoms with Gasteiger partial charge in [-0.1, -0.05) is 17.7 Å². The number of hydrogen-bond acceptors (Lipinski definition) is 2. The highest BCUT2D eigenvalue weighted by Crippen LogP contribution is 2.35. The fraction of sp³-hybridized carbons (Fsp3) is 0.100. The molecule has 0 heterocycles. The quantitative estimate of drug-likeness (QED) is 0.604. The van der Waals surface area contributed by atoms with Gasteiger partial charge in [0.2, 0.25) is 0 Å². The van der Waals surface area contributed by atoms with Crippen LogP contribution in [-0.2, 0) is 11.0 Å². The molecule has 0 bridgehead atoms. The lowest BCUT2D eigenvalue weighted by molar-refractivity contribution is -0.137. The second-order valence-corrected chi connectivity index (χ2v) is 3.41. The van der Waals surface area contributed by atoms with Crippen molar-refractivity contribution < 1.29 is 18.0 Å². The molecule has 0 radical (unpaired) electrons. The Labute approximate surface area is 98.9 Å². The van der Waals surface area contributed by atoms with Gasteiger partial charge in [-0.2, -0.15) is 13.2 Å². The molecule has 0 saturated heterocycles. The molecule has 90 valence electrons. The first kappa shape index (κ1) is 13.4. The van der Waals surface area contributed by atoms with Crippen molar-refractivity contribution in [2.45, 2.75) is 6.18 Å². The molecule has 0 spiro atoms. The summed E-state index contributed by atoms with van der Waals surface area (Å²) in [6.07, 6.45) is -2.75. The molecule has 0 aliphatic carbocycles. The number of benzene rings is 1. The number of alkyl halides is 3. The van der Waals surface area contributed by atoms with E-state index in [0.29, 0.717) is 0 Å². The Hall–Kier alpha value is -1.69. The third-order valence-electron chi connectivity index (χ3n) is 1.80. The number of nitrogens with zero attached hydrogens (tertiary/aromatic N) is 1. The third-order valence-corrected chi connectivity index (χ3v) is 2.13. The molecule has 17 heavy (non-hydrogen) atoms. The van der Waals surface area contributed by atoms with Crippen molar-refractivity contribution in [1.82, 2.24) is 0 Å². The van der Waals surface area contributed by atoms with E-state index in [0.717, 1.165) is 24.3 Å². The van der Waals surface area contributed by atoms with Crippen LogP contribution >= 0.6 is 11.6 Å². The molecule has 0 N–H and O–H groups in total.